The molecule has 8 heteroatoms. The number of hydrogen-bond donors (Lipinski definition) is 1. The van der Waals surface area contributed by atoms with Crippen LogP contribution in [0.2, 0.25) is 0 Å². The molecular formula is C12H10BrF2N3OS. The number of nitrogens with one attached hydrogen (secondary N) is 1. The highest BCUT2D eigenvalue weighted by Gasteiger charge is 2.19. The van der Waals surface area contributed by atoms with E-state index in [0.29, 0.717) is 12.1 Å². The fraction of sp³-hybridized carbons (Fsp3) is 0.250. The summed E-state index contributed by atoms with van der Waals surface area (Å²) in [5.74, 6) is -2.30. The molecule has 1 heterocycles. The first-order chi connectivity index (χ1) is 9.52. The number of amides is 1. The Morgan fingerprint density at radius 2 is 2.05 bits per heavy atom. The van der Waals surface area contributed by atoms with Gasteiger partial charge in [-0.05, 0) is 30.1 Å². The lowest BCUT2D eigenvalue weighted by atomic mass is 10.2. The second kappa shape index (κ2) is 6.36. The lowest BCUT2D eigenvalue weighted by Crippen LogP contribution is -2.15. The average molecular weight is 362 g/mol. The van der Waals surface area contributed by atoms with E-state index in [0.717, 1.165) is 30.1 Å². The summed E-state index contributed by atoms with van der Waals surface area (Å²) in [4.78, 5) is 12.3. The fourth-order valence-corrected chi connectivity index (χ4v) is 2.62. The van der Waals surface area contributed by atoms with Crippen molar-refractivity contribution in [3.63, 3.8) is 0 Å². The molecule has 106 valence electrons. The van der Waals surface area contributed by atoms with Crippen molar-refractivity contribution in [3.05, 3.63) is 38.8 Å². The van der Waals surface area contributed by atoms with Crippen LogP contribution in [0.25, 0.3) is 0 Å². The molecule has 0 unspecified atom stereocenters. The number of rotatable bonds is 4. The second-order valence-corrected chi connectivity index (χ2v) is 5.67. The van der Waals surface area contributed by atoms with Crippen molar-refractivity contribution >= 4 is 39.1 Å². The van der Waals surface area contributed by atoms with Crippen molar-refractivity contribution in [1.29, 1.82) is 0 Å². The number of carbonyl (C=O) groups is 1. The summed E-state index contributed by atoms with van der Waals surface area (Å²) in [5, 5.41) is 6.07. The van der Waals surface area contributed by atoms with E-state index in [2.05, 4.69) is 30.8 Å². The normalized spacial score (nSPS) is 10.6. The van der Waals surface area contributed by atoms with Crippen LogP contribution in [0.5, 0.6) is 0 Å². The Hall–Kier alpha value is -1.41. The number of carbonyl (C=O) groups excluding carboxylic acids is 1. The van der Waals surface area contributed by atoms with Crippen LogP contribution in [0.15, 0.2) is 16.6 Å². The number of hydrogen-bond acceptors (Lipinski definition) is 4. The molecule has 0 aliphatic rings. The number of anilines is 1. The summed E-state index contributed by atoms with van der Waals surface area (Å²) in [6.07, 6.45) is 1.39. The van der Waals surface area contributed by atoms with Crippen molar-refractivity contribution in [2.75, 3.05) is 5.32 Å². The van der Waals surface area contributed by atoms with E-state index in [1.165, 1.54) is 0 Å². The van der Waals surface area contributed by atoms with Crippen molar-refractivity contribution in [2.45, 2.75) is 19.8 Å². The molecule has 1 N–H and O–H groups in total. The topological polar surface area (TPSA) is 54.9 Å². The van der Waals surface area contributed by atoms with E-state index >= 15 is 0 Å². The maximum atomic E-state index is 13.6. The highest BCUT2D eigenvalue weighted by molar-refractivity contribution is 9.10. The number of halogens is 3. The zero-order valence-electron chi connectivity index (χ0n) is 10.4. The Morgan fingerprint density at radius 3 is 2.65 bits per heavy atom. The summed E-state index contributed by atoms with van der Waals surface area (Å²) >= 11 is 3.88. The first kappa shape index (κ1) is 15.0. The monoisotopic (exact) mass is 361 g/mol. The first-order valence-corrected chi connectivity index (χ1v) is 7.36. The summed E-state index contributed by atoms with van der Waals surface area (Å²) in [5.41, 5.74) is 0.0574. The summed E-state index contributed by atoms with van der Waals surface area (Å²) < 4.78 is 31.3. The van der Waals surface area contributed by atoms with Crippen molar-refractivity contribution in [1.82, 2.24) is 9.59 Å². The Kier molecular flexibility index (Phi) is 4.77. The molecule has 1 aromatic heterocycles. The van der Waals surface area contributed by atoms with Crippen LogP contribution >= 0.6 is 27.5 Å². The van der Waals surface area contributed by atoms with Gasteiger partial charge in [0, 0.05) is 4.47 Å². The van der Waals surface area contributed by atoms with Gasteiger partial charge in [0.15, 0.2) is 11.6 Å². The summed E-state index contributed by atoms with van der Waals surface area (Å²) in [6.45, 7) is 1.94. The molecule has 0 radical (unpaired) electrons. The van der Waals surface area contributed by atoms with Crippen molar-refractivity contribution in [3.8, 4) is 0 Å². The Morgan fingerprint density at radius 1 is 1.40 bits per heavy atom. The van der Waals surface area contributed by atoms with Crippen LogP contribution in [0.1, 0.15) is 28.7 Å². The van der Waals surface area contributed by atoms with Gasteiger partial charge in [0.1, 0.15) is 10.6 Å². The maximum Gasteiger partial charge on any atom is 0.269 e. The van der Waals surface area contributed by atoms with Crippen LogP contribution in [-0.2, 0) is 6.42 Å². The van der Waals surface area contributed by atoms with Gasteiger partial charge in [-0.2, -0.15) is 0 Å². The smallest absolute Gasteiger partial charge is 0.269 e. The maximum absolute atomic E-state index is 13.6. The van der Waals surface area contributed by atoms with E-state index in [1.54, 1.807) is 0 Å². The van der Waals surface area contributed by atoms with Gasteiger partial charge in [-0.3, -0.25) is 4.79 Å². The highest BCUT2D eigenvalue weighted by atomic mass is 79.9. The molecule has 0 fully saturated rings. The zero-order chi connectivity index (χ0) is 14.7. The van der Waals surface area contributed by atoms with E-state index in [9.17, 15) is 13.6 Å². The van der Waals surface area contributed by atoms with E-state index in [1.807, 2.05) is 6.92 Å². The van der Waals surface area contributed by atoms with Gasteiger partial charge in [-0.1, -0.05) is 33.8 Å². The van der Waals surface area contributed by atoms with Crippen molar-refractivity contribution in [2.24, 2.45) is 0 Å². The second-order valence-electron chi connectivity index (χ2n) is 4.00. The zero-order valence-corrected chi connectivity index (χ0v) is 12.8. The Balaban J connectivity index is 2.26. The fourth-order valence-electron chi connectivity index (χ4n) is 1.61. The number of aryl methyl sites for hydroxylation is 1. The molecule has 2 rings (SSSR count). The Labute approximate surface area is 126 Å². The van der Waals surface area contributed by atoms with E-state index in [4.69, 9.17) is 0 Å². The minimum atomic E-state index is -0.847. The lowest BCUT2D eigenvalue weighted by molar-refractivity contribution is 0.102. The van der Waals surface area contributed by atoms with E-state index in [-0.39, 0.29) is 9.35 Å². The molecule has 0 saturated carbocycles. The third-order valence-corrected chi connectivity index (χ3v) is 3.72. The predicted molar refractivity (Wildman–Crippen MR) is 75.9 cm³/mol. The lowest BCUT2D eigenvalue weighted by Gasteiger charge is -2.07. The van der Waals surface area contributed by atoms with Gasteiger partial charge in [-0.15, -0.1) is 5.10 Å². The third kappa shape index (κ3) is 3.18. The molecule has 0 atom stereocenters. The van der Waals surface area contributed by atoms with Gasteiger partial charge in [0.2, 0.25) is 0 Å². The molecule has 4 nitrogen and oxygen atoms in total. The molecule has 0 saturated heterocycles. The SMILES string of the molecule is CCCc1nnsc1C(=O)Nc1c(F)cc(Br)cc1F. The molecule has 20 heavy (non-hydrogen) atoms. The quantitative estimate of drug-likeness (QED) is 0.901. The minimum Gasteiger partial charge on any atom is -0.316 e. The van der Waals surface area contributed by atoms with Gasteiger partial charge in [0.25, 0.3) is 5.91 Å². The molecule has 1 aromatic carbocycles. The van der Waals surface area contributed by atoms with Gasteiger partial charge < -0.3 is 5.32 Å². The predicted octanol–water partition coefficient (Wildman–Crippen LogP) is 3.78. The molecule has 0 aliphatic carbocycles. The molecule has 2 aromatic rings. The van der Waals surface area contributed by atoms with Crippen molar-refractivity contribution < 1.29 is 13.6 Å². The molecule has 0 aliphatic heterocycles. The molecule has 0 bridgehead atoms. The third-order valence-electron chi connectivity index (χ3n) is 2.49. The highest BCUT2D eigenvalue weighted by Crippen LogP contribution is 2.25. The van der Waals surface area contributed by atoms with Crippen LogP contribution in [-0.4, -0.2) is 15.5 Å². The van der Waals surface area contributed by atoms with Crippen LogP contribution in [0.3, 0.4) is 0 Å². The van der Waals surface area contributed by atoms with E-state index < -0.39 is 23.2 Å². The minimum absolute atomic E-state index is 0.261. The number of benzene rings is 1. The largest absolute Gasteiger partial charge is 0.316 e. The standard InChI is InChI=1S/C12H10BrF2N3OS/c1-2-3-9-11(20-18-17-9)12(19)16-10-7(14)4-6(13)5-8(10)15/h4-5H,2-3H2,1H3,(H,16,19). The summed E-state index contributed by atoms with van der Waals surface area (Å²) in [6, 6.07) is 2.16. The molecule has 1 amide bonds. The van der Waals surface area contributed by atoms with Gasteiger partial charge in [0.05, 0.1) is 5.69 Å². The van der Waals surface area contributed by atoms with Gasteiger partial charge in [-0.25, -0.2) is 8.78 Å². The molecule has 0 spiro atoms. The van der Waals surface area contributed by atoms with Crippen LogP contribution in [0.4, 0.5) is 14.5 Å². The molecular weight excluding hydrogens is 352 g/mol. The number of aromatic nitrogens is 2. The Bertz CT molecular complexity index is 624. The van der Waals surface area contributed by atoms with Crippen LogP contribution < -0.4 is 5.32 Å². The van der Waals surface area contributed by atoms with Gasteiger partial charge >= 0.3 is 0 Å². The van der Waals surface area contributed by atoms with Crippen LogP contribution in [0, 0.1) is 11.6 Å². The summed E-state index contributed by atoms with van der Waals surface area (Å²) in [7, 11) is 0. The first-order valence-electron chi connectivity index (χ1n) is 5.80. The number of nitrogens with zero attached hydrogens (tertiary/aromatic N) is 2. The average Bonchev–Trinajstić information content (AvgIpc) is 2.82.